The lowest BCUT2D eigenvalue weighted by Crippen LogP contribution is -2.34. The molecular weight excluding hydrogens is 362 g/mol. The molecule has 0 saturated carbocycles. The minimum absolute atomic E-state index is 0.0430. The maximum absolute atomic E-state index is 12.4. The van der Waals surface area contributed by atoms with E-state index in [1.54, 1.807) is 21.0 Å². The molecule has 0 radical (unpaired) electrons. The Balaban J connectivity index is 3.16. The summed E-state index contributed by atoms with van der Waals surface area (Å²) < 4.78 is 32.6. The van der Waals surface area contributed by atoms with E-state index in [0.717, 1.165) is 6.07 Å². The number of aromatic carboxylic acids is 1. The SMILES string of the molecule is COCCC(C)NS(=O)(=O)c1cc(C(=O)O)cc(Br)c1C. The van der Waals surface area contributed by atoms with Gasteiger partial charge in [0.25, 0.3) is 0 Å². The van der Waals surface area contributed by atoms with E-state index in [2.05, 4.69) is 20.7 Å². The number of carboxylic acid groups (broad SMARTS) is 1. The lowest BCUT2D eigenvalue weighted by atomic mass is 10.1. The summed E-state index contributed by atoms with van der Waals surface area (Å²) in [4.78, 5) is 11.0. The topological polar surface area (TPSA) is 92.7 Å². The summed E-state index contributed by atoms with van der Waals surface area (Å²) >= 11 is 3.19. The molecule has 1 rings (SSSR count). The molecule has 0 saturated heterocycles. The highest BCUT2D eigenvalue weighted by Gasteiger charge is 2.22. The maximum atomic E-state index is 12.4. The third kappa shape index (κ3) is 4.77. The van der Waals surface area contributed by atoms with Gasteiger partial charge in [0.1, 0.15) is 0 Å². The molecule has 0 aliphatic rings. The van der Waals surface area contributed by atoms with Gasteiger partial charge in [-0.1, -0.05) is 15.9 Å². The lowest BCUT2D eigenvalue weighted by Gasteiger charge is -2.16. The van der Waals surface area contributed by atoms with Crippen LogP contribution in [0.15, 0.2) is 21.5 Å². The Bertz CT molecular complexity index is 630. The van der Waals surface area contributed by atoms with Crippen LogP contribution in [0.25, 0.3) is 0 Å². The van der Waals surface area contributed by atoms with Crippen molar-refractivity contribution in [2.45, 2.75) is 31.2 Å². The third-order valence-electron chi connectivity index (χ3n) is 2.94. The average Bonchev–Trinajstić information content (AvgIpc) is 2.38. The fraction of sp³-hybridized carbons (Fsp3) is 0.462. The second-order valence-electron chi connectivity index (χ2n) is 4.69. The van der Waals surface area contributed by atoms with Crippen molar-refractivity contribution in [1.82, 2.24) is 4.72 Å². The Morgan fingerprint density at radius 3 is 2.62 bits per heavy atom. The molecule has 1 atom stereocenters. The van der Waals surface area contributed by atoms with Crippen molar-refractivity contribution < 1.29 is 23.1 Å². The largest absolute Gasteiger partial charge is 0.478 e. The molecule has 0 spiro atoms. The van der Waals surface area contributed by atoms with Crippen molar-refractivity contribution in [2.24, 2.45) is 0 Å². The highest BCUT2D eigenvalue weighted by Crippen LogP contribution is 2.26. The molecule has 0 fully saturated rings. The molecule has 0 aromatic heterocycles. The van der Waals surface area contributed by atoms with Crippen LogP contribution in [-0.2, 0) is 14.8 Å². The van der Waals surface area contributed by atoms with Gasteiger partial charge < -0.3 is 9.84 Å². The minimum atomic E-state index is -3.80. The maximum Gasteiger partial charge on any atom is 0.335 e. The van der Waals surface area contributed by atoms with Crippen LogP contribution in [-0.4, -0.2) is 39.3 Å². The summed E-state index contributed by atoms with van der Waals surface area (Å²) in [5.41, 5.74) is 0.379. The van der Waals surface area contributed by atoms with Crippen LogP contribution in [0.2, 0.25) is 0 Å². The first kappa shape index (κ1) is 18.1. The normalized spacial score (nSPS) is 13.1. The number of carboxylic acids is 1. The van der Waals surface area contributed by atoms with Gasteiger partial charge in [-0.15, -0.1) is 0 Å². The highest BCUT2D eigenvalue weighted by molar-refractivity contribution is 9.10. The number of hydrogen-bond donors (Lipinski definition) is 2. The number of benzene rings is 1. The Morgan fingerprint density at radius 2 is 2.10 bits per heavy atom. The molecule has 0 aliphatic heterocycles. The van der Waals surface area contributed by atoms with Crippen LogP contribution in [0.5, 0.6) is 0 Å². The fourth-order valence-corrected chi connectivity index (χ4v) is 3.90. The van der Waals surface area contributed by atoms with Crippen LogP contribution >= 0.6 is 15.9 Å². The standard InChI is InChI=1S/C13H18BrNO5S/c1-8(4-5-20-3)15-21(18,19)12-7-10(13(16)17)6-11(14)9(12)2/h6-8,15H,4-5H2,1-3H3,(H,16,17). The van der Waals surface area contributed by atoms with Crippen LogP contribution < -0.4 is 4.72 Å². The van der Waals surface area contributed by atoms with E-state index in [-0.39, 0.29) is 16.5 Å². The molecule has 118 valence electrons. The van der Waals surface area contributed by atoms with Gasteiger partial charge in [-0.05, 0) is 38.0 Å². The van der Waals surface area contributed by atoms with Gasteiger partial charge in [0.2, 0.25) is 10.0 Å². The van der Waals surface area contributed by atoms with Gasteiger partial charge >= 0.3 is 5.97 Å². The van der Waals surface area contributed by atoms with Gasteiger partial charge in [0.05, 0.1) is 10.5 Å². The summed E-state index contributed by atoms with van der Waals surface area (Å²) in [6, 6.07) is 2.22. The lowest BCUT2D eigenvalue weighted by molar-refractivity contribution is 0.0696. The predicted molar refractivity (Wildman–Crippen MR) is 82.1 cm³/mol. The molecule has 21 heavy (non-hydrogen) atoms. The number of rotatable bonds is 7. The molecule has 0 aliphatic carbocycles. The zero-order valence-corrected chi connectivity index (χ0v) is 14.4. The smallest absolute Gasteiger partial charge is 0.335 e. The van der Waals surface area contributed by atoms with Gasteiger partial charge in [-0.25, -0.2) is 17.9 Å². The van der Waals surface area contributed by atoms with Gasteiger partial charge in [-0.2, -0.15) is 0 Å². The van der Waals surface area contributed by atoms with Crippen LogP contribution in [0.1, 0.15) is 29.3 Å². The van der Waals surface area contributed by atoms with Gasteiger partial charge in [-0.3, -0.25) is 0 Å². The van der Waals surface area contributed by atoms with E-state index >= 15 is 0 Å². The van der Waals surface area contributed by atoms with E-state index < -0.39 is 16.0 Å². The molecule has 0 amide bonds. The van der Waals surface area contributed by atoms with E-state index in [9.17, 15) is 13.2 Å². The van der Waals surface area contributed by atoms with Crippen LogP contribution in [0, 0.1) is 6.92 Å². The summed E-state index contributed by atoms with van der Waals surface area (Å²) in [6.07, 6.45) is 0.522. The summed E-state index contributed by atoms with van der Waals surface area (Å²) in [5.74, 6) is -1.18. The number of sulfonamides is 1. The fourth-order valence-electron chi connectivity index (χ4n) is 1.74. The molecule has 0 bridgehead atoms. The first-order valence-corrected chi connectivity index (χ1v) is 8.51. The number of carbonyl (C=O) groups is 1. The van der Waals surface area contributed by atoms with Crippen LogP contribution in [0.4, 0.5) is 0 Å². The van der Waals surface area contributed by atoms with E-state index in [4.69, 9.17) is 9.84 Å². The first-order valence-electron chi connectivity index (χ1n) is 6.23. The number of nitrogens with one attached hydrogen (secondary N) is 1. The molecular formula is C13H18BrNO5S. The molecule has 8 heteroatoms. The molecule has 6 nitrogen and oxygen atoms in total. The first-order chi connectivity index (χ1) is 9.69. The second kappa shape index (κ2) is 7.35. The zero-order valence-electron chi connectivity index (χ0n) is 12.0. The van der Waals surface area contributed by atoms with Gasteiger partial charge in [0.15, 0.2) is 0 Å². The molecule has 1 unspecified atom stereocenters. The van der Waals surface area contributed by atoms with Crippen molar-refractivity contribution in [3.8, 4) is 0 Å². The summed E-state index contributed by atoms with van der Waals surface area (Å²) in [5, 5.41) is 9.04. The Kier molecular flexibility index (Phi) is 6.33. The minimum Gasteiger partial charge on any atom is -0.478 e. The van der Waals surface area contributed by atoms with Crippen LogP contribution in [0.3, 0.4) is 0 Å². The van der Waals surface area contributed by atoms with Gasteiger partial charge in [0, 0.05) is 24.2 Å². The molecule has 0 heterocycles. The van der Waals surface area contributed by atoms with E-state index in [1.807, 2.05) is 0 Å². The average molecular weight is 380 g/mol. The Hall–Kier alpha value is -0.960. The third-order valence-corrected chi connectivity index (χ3v) is 5.48. The zero-order chi connectivity index (χ0) is 16.2. The highest BCUT2D eigenvalue weighted by atomic mass is 79.9. The van der Waals surface area contributed by atoms with Crippen molar-refractivity contribution in [3.63, 3.8) is 0 Å². The molecule has 1 aromatic rings. The quantitative estimate of drug-likeness (QED) is 0.756. The number of ether oxygens (including phenoxy) is 1. The Morgan fingerprint density at radius 1 is 1.48 bits per heavy atom. The monoisotopic (exact) mass is 379 g/mol. The Labute approximate surface area is 132 Å². The second-order valence-corrected chi connectivity index (χ2v) is 7.23. The number of hydrogen-bond acceptors (Lipinski definition) is 4. The van der Waals surface area contributed by atoms with E-state index in [1.165, 1.54) is 6.07 Å². The van der Waals surface area contributed by atoms with Crippen molar-refractivity contribution in [2.75, 3.05) is 13.7 Å². The number of methoxy groups -OCH3 is 1. The number of halogens is 1. The molecule has 2 N–H and O–H groups in total. The van der Waals surface area contributed by atoms with E-state index in [0.29, 0.717) is 23.1 Å². The van der Waals surface area contributed by atoms with Crippen molar-refractivity contribution in [1.29, 1.82) is 0 Å². The van der Waals surface area contributed by atoms with Crippen molar-refractivity contribution >= 4 is 31.9 Å². The molecule has 1 aromatic carbocycles. The summed E-state index contributed by atoms with van der Waals surface area (Å²) in [7, 11) is -2.26. The predicted octanol–water partition coefficient (Wildman–Crippen LogP) is 2.16. The summed E-state index contributed by atoms with van der Waals surface area (Å²) in [6.45, 7) is 3.77. The van der Waals surface area contributed by atoms with Crippen molar-refractivity contribution in [3.05, 3.63) is 27.7 Å².